The average molecular weight is 293 g/mol. The molecular formula is C10H17BrN2O3. The Bertz CT molecular complexity index is 317. The Morgan fingerprint density at radius 3 is 3.00 bits per heavy atom. The lowest BCUT2D eigenvalue weighted by Crippen LogP contribution is -2.13. The molecule has 0 aliphatic rings. The lowest BCUT2D eigenvalue weighted by atomic mass is 10.1. The molecule has 1 unspecified atom stereocenters. The Balaban J connectivity index is 2.71. The van der Waals surface area contributed by atoms with E-state index in [9.17, 15) is 5.11 Å². The average Bonchev–Trinajstić information content (AvgIpc) is 2.64. The molecule has 1 rings (SSSR count). The molecule has 0 saturated heterocycles. The Kier molecular flexibility index (Phi) is 5.97. The van der Waals surface area contributed by atoms with Gasteiger partial charge in [0.2, 0.25) is 0 Å². The smallest absolute Gasteiger partial charge is 0.0969 e. The number of aromatic nitrogens is 2. The van der Waals surface area contributed by atoms with Gasteiger partial charge in [-0.2, -0.15) is 5.10 Å². The zero-order chi connectivity index (χ0) is 12.0. The number of nitrogens with zero attached hydrogens (tertiary/aromatic N) is 2. The van der Waals surface area contributed by atoms with Crippen LogP contribution in [0.25, 0.3) is 0 Å². The second-order valence-electron chi connectivity index (χ2n) is 3.48. The summed E-state index contributed by atoms with van der Waals surface area (Å²) >= 11 is 3.35. The number of ether oxygens (including phenoxy) is 1. The summed E-state index contributed by atoms with van der Waals surface area (Å²) in [6.45, 7) is 1.24. The van der Waals surface area contributed by atoms with Crippen LogP contribution in [0.3, 0.4) is 0 Å². The van der Waals surface area contributed by atoms with Crippen molar-refractivity contribution in [1.82, 2.24) is 9.78 Å². The zero-order valence-corrected chi connectivity index (χ0v) is 10.9. The summed E-state index contributed by atoms with van der Waals surface area (Å²) in [6, 6.07) is 0. The van der Waals surface area contributed by atoms with Crippen molar-refractivity contribution >= 4 is 15.9 Å². The molecule has 0 bridgehead atoms. The monoisotopic (exact) mass is 292 g/mol. The molecule has 5 nitrogen and oxygen atoms in total. The first-order valence-corrected chi connectivity index (χ1v) is 5.99. The van der Waals surface area contributed by atoms with Crippen molar-refractivity contribution in [3.05, 3.63) is 16.4 Å². The van der Waals surface area contributed by atoms with Gasteiger partial charge in [-0.1, -0.05) is 0 Å². The zero-order valence-electron chi connectivity index (χ0n) is 9.27. The molecule has 0 aliphatic carbocycles. The molecular weight excluding hydrogens is 276 g/mol. The van der Waals surface area contributed by atoms with Crippen LogP contribution in [0, 0.1) is 0 Å². The minimum Gasteiger partial charge on any atom is -0.396 e. The van der Waals surface area contributed by atoms with Crippen molar-refractivity contribution < 1.29 is 14.9 Å². The first-order valence-electron chi connectivity index (χ1n) is 5.19. The topological polar surface area (TPSA) is 67.5 Å². The van der Waals surface area contributed by atoms with E-state index in [4.69, 9.17) is 9.84 Å². The van der Waals surface area contributed by atoms with Crippen LogP contribution < -0.4 is 0 Å². The molecule has 0 saturated carbocycles. The molecule has 2 N–H and O–H groups in total. The van der Waals surface area contributed by atoms with Gasteiger partial charge in [-0.25, -0.2) is 0 Å². The number of hydrogen-bond donors (Lipinski definition) is 2. The third-order valence-corrected chi connectivity index (χ3v) is 2.90. The van der Waals surface area contributed by atoms with E-state index >= 15 is 0 Å². The highest BCUT2D eigenvalue weighted by molar-refractivity contribution is 9.10. The Morgan fingerprint density at radius 1 is 1.62 bits per heavy atom. The number of hydrogen-bond acceptors (Lipinski definition) is 4. The third-order valence-electron chi connectivity index (χ3n) is 2.29. The molecule has 16 heavy (non-hydrogen) atoms. The summed E-state index contributed by atoms with van der Waals surface area (Å²) in [5.41, 5.74) is 0.741. The molecule has 6 heteroatoms. The largest absolute Gasteiger partial charge is 0.396 e. The number of rotatable bonds is 7. The van der Waals surface area contributed by atoms with Gasteiger partial charge >= 0.3 is 0 Å². The van der Waals surface area contributed by atoms with Gasteiger partial charge < -0.3 is 14.9 Å². The van der Waals surface area contributed by atoms with Crippen molar-refractivity contribution in [3.8, 4) is 0 Å². The maximum atomic E-state index is 9.96. The Hall–Kier alpha value is -0.430. The van der Waals surface area contributed by atoms with Gasteiger partial charge in [-0.05, 0) is 28.8 Å². The summed E-state index contributed by atoms with van der Waals surface area (Å²) < 4.78 is 7.48. The lowest BCUT2D eigenvalue weighted by Gasteiger charge is -2.13. The fraction of sp³-hybridized carbons (Fsp3) is 0.700. The first-order chi connectivity index (χ1) is 7.70. The van der Waals surface area contributed by atoms with Crippen molar-refractivity contribution in [2.45, 2.75) is 25.5 Å². The van der Waals surface area contributed by atoms with E-state index in [1.165, 1.54) is 0 Å². The van der Waals surface area contributed by atoms with E-state index in [2.05, 4.69) is 21.0 Å². The van der Waals surface area contributed by atoms with Gasteiger partial charge in [0.25, 0.3) is 0 Å². The van der Waals surface area contributed by atoms with Gasteiger partial charge in [0.05, 0.1) is 35.6 Å². The van der Waals surface area contributed by atoms with E-state index < -0.39 is 6.10 Å². The summed E-state index contributed by atoms with van der Waals surface area (Å²) in [6.07, 6.45) is 2.14. The molecule has 0 aromatic carbocycles. The van der Waals surface area contributed by atoms with Crippen LogP contribution in [0.15, 0.2) is 10.7 Å². The standard InChI is InChI=1S/C10H17BrN2O3/c1-16-6-4-13-10(8(11)7-12-13)9(15)3-2-5-14/h7,9,14-15H,2-6H2,1H3. The normalized spacial score (nSPS) is 13.0. The van der Waals surface area contributed by atoms with Crippen LogP contribution in [0.4, 0.5) is 0 Å². The maximum absolute atomic E-state index is 9.96. The fourth-order valence-electron chi connectivity index (χ4n) is 1.48. The lowest BCUT2D eigenvalue weighted by molar-refractivity contribution is 0.134. The van der Waals surface area contributed by atoms with Crippen molar-refractivity contribution in [2.24, 2.45) is 0 Å². The van der Waals surface area contributed by atoms with Crippen molar-refractivity contribution in [1.29, 1.82) is 0 Å². The summed E-state index contributed by atoms with van der Waals surface area (Å²) in [4.78, 5) is 0. The van der Waals surface area contributed by atoms with Gasteiger partial charge in [0.15, 0.2) is 0 Å². The quantitative estimate of drug-likeness (QED) is 0.790. The molecule has 1 heterocycles. The van der Waals surface area contributed by atoms with Crippen LogP contribution in [-0.4, -0.2) is 40.3 Å². The predicted octanol–water partition coefficient (Wildman–Crippen LogP) is 1.10. The molecule has 1 atom stereocenters. The van der Waals surface area contributed by atoms with E-state index in [1.807, 2.05) is 0 Å². The van der Waals surface area contributed by atoms with E-state index in [0.717, 1.165) is 10.2 Å². The molecule has 92 valence electrons. The molecule has 0 amide bonds. The van der Waals surface area contributed by atoms with Crippen molar-refractivity contribution in [3.63, 3.8) is 0 Å². The van der Waals surface area contributed by atoms with Crippen molar-refractivity contribution in [2.75, 3.05) is 20.3 Å². The number of halogens is 1. The maximum Gasteiger partial charge on any atom is 0.0969 e. The van der Waals surface area contributed by atoms with Crippen LogP contribution in [-0.2, 0) is 11.3 Å². The minimum atomic E-state index is -0.610. The second kappa shape index (κ2) is 7.01. The van der Waals surface area contributed by atoms with Crippen LogP contribution in [0.1, 0.15) is 24.6 Å². The number of methoxy groups -OCH3 is 1. The SMILES string of the molecule is COCCn1ncc(Br)c1C(O)CCCO. The van der Waals surface area contributed by atoms with Crippen LogP contribution >= 0.6 is 15.9 Å². The first kappa shape index (κ1) is 13.6. The van der Waals surface area contributed by atoms with Gasteiger partial charge in [-0.3, -0.25) is 4.68 Å². The summed E-state index contributed by atoms with van der Waals surface area (Å²) in [5, 5.41) is 22.8. The van der Waals surface area contributed by atoms with Gasteiger partial charge in [0, 0.05) is 13.7 Å². The van der Waals surface area contributed by atoms with E-state index in [-0.39, 0.29) is 6.61 Å². The van der Waals surface area contributed by atoms with Gasteiger partial charge in [-0.15, -0.1) is 0 Å². The Morgan fingerprint density at radius 2 is 2.38 bits per heavy atom. The minimum absolute atomic E-state index is 0.0842. The predicted molar refractivity (Wildman–Crippen MR) is 63.1 cm³/mol. The molecule has 0 fully saturated rings. The second-order valence-corrected chi connectivity index (χ2v) is 4.33. The Labute approximate surface area is 103 Å². The molecule has 0 spiro atoms. The fourth-order valence-corrected chi connectivity index (χ4v) is 2.04. The highest BCUT2D eigenvalue weighted by Crippen LogP contribution is 2.26. The van der Waals surface area contributed by atoms with Crippen LogP contribution in [0.5, 0.6) is 0 Å². The van der Waals surface area contributed by atoms with E-state index in [1.54, 1.807) is 18.0 Å². The molecule has 1 aromatic rings. The number of aliphatic hydroxyl groups is 2. The highest BCUT2D eigenvalue weighted by Gasteiger charge is 2.17. The highest BCUT2D eigenvalue weighted by atomic mass is 79.9. The number of aliphatic hydroxyl groups excluding tert-OH is 2. The molecule has 1 aromatic heterocycles. The van der Waals surface area contributed by atoms with E-state index in [0.29, 0.717) is 26.0 Å². The molecule has 0 radical (unpaired) electrons. The third kappa shape index (κ3) is 3.55. The molecule has 0 aliphatic heterocycles. The van der Waals surface area contributed by atoms with Crippen LogP contribution in [0.2, 0.25) is 0 Å². The van der Waals surface area contributed by atoms with Gasteiger partial charge in [0.1, 0.15) is 0 Å². The summed E-state index contributed by atoms with van der Waals surface area (Å²) in [7, 11) is 1.63. The summed E-state index contributed by atoms with van der Waals surface area (Å²) in [5.74, 6) is 0.